The first-order chi connectivity index (χ1) is 9.31. The first kappa shape index (κ1) is 16.0. The molecule has 7 heteroatoms. The molecule has 20 heavy (non-hydrogen) atoms. The molecular weight excluding hydrogens is 270 g/mol. The van der Waals surface area contributed by atoms with Gasteiger partial charge in [0.25, 0.3) is 0 Å². The molecule has 1 rings (SSSR count). The van der Waals surface area contributed by atoms with Crippen LogP contribution in [-0.2, 0) is 9.59 Å². The van der Waals surface area contributed by atoms with Gasteiger partial charge in [-0.25, -0.2) is 8.78 Å². The quantitative estimate of drug-likeness (QED) is 0.823. The summed E-state index contributed by atoms with van der Waals surface area (Å²) in [4.78, 5) is 23.4. The Bertz CT molecular complexity index is 508. The summed E-state index contributed by atoms with van der Waals surface area (Å²) in [5.74, 6) is -3.46. The Balaban J connectivity index is 2.62. The molecule has 0 saturated carbocycles. The molecule has 0 heterocycles. The minimum absolute atomic E-state index is 0.0482. The lowest BCUT2D eigenvalue weighted by atomic mass is 10.1. The third-order valence-corrected chi connectivity index (χ3v) is 2.92. The first-order valence-electron chi connectivity index (χ1n) is 5.95. The van der Waals surface area contributed by atoms with E-state index < -0.39 is 30.1 Å². The zero-order valence-electron chi connectivity index (χ0n) is 11.2. The van der Waals surface area contributed by atoms with Crippen LogP contribution in [0.4, 0.5) is 8.78 Å². The van der Waals surface area contributed by atoms with Crippen LogP contribution in [0, 0.1) is 11.6 Å². The largest absolute Gasteiger partial charge is 0.480 e. The maximum atomic E-state index is 13.1. The second-order valence-electron chi connectivity index (χ2n) is 4.44. The third-order valence-electron chi connectivity index (χ3n) is 2.92. The van der Waals surface area contributed by atoms with Gasteiger partial charge in [0.2, 0.25) is 5.91 Å². The molecule has 0 aliphatic heterocycles. The number of aliphatic carboxylic acids is 1. The summed E-state index contributed by atoms with van der Waals surface area (Å²) in [7, 11) is 1.63. The van der Waals surface area contributed by atoms with Gasteiger partial charge in [0.1, 0.15) is 6.54 Å². The monoisotopic (exact) mass is 286 g/mol. The van der Waals surface area contributed by atoms with Crippen molar-refractivity contribution in [3.8, 4) is 0 Å². The highest BCUT2D eigenvalue weighted by molar-refractivity contribution is 5.82. The van der Waals surface area contributed by atoms with Gasteiger partial charge in [-0.3, -0.25) is 14.5 Å². The smallest absolute Gasteiger partial charge is 0.322 e. The van der Waals surface area contributed by atoms with Crippen molar-refractivity contribution in [3.05, 3.63) is 35.4 Å². The molecule has 0 aliphatic rings. The normalized spacial score (nSPS) is 12.2. The molecule has 2 N–H and O–H groups in total. The molecule has 0 radical (unpaired) electrons. The number of carbonyl (C=O) groups excluding carboxylic acids is 1. The number of halogens is 2. The zero-order valence-corrected chi connectivity index (χ0v) is 11.2. The molecule has 110 valence electrons. The molecule has 0 aromatic heterocycles. The summed E-state index contributed by atoms with van der Waals surface area (Å²) >= 11 is 0. The number of hydrogen-bond donors (Lipinski definition) is 2. The first-order valence-corrected chi connectivity index (χ1v) is 5.95. The predicted octanol–water partition coefficient (Wildman–Crippen LogP) is 1.16. The fraction of sp³-hybridized carbons (Fsp3) is 0.385. The average molecular weight is 286 g/mol. The fourth-order valence-corrected chi connectivity index (χ4v) is 1.62. The average Bonchev–Trinajstić information content (AvgIpc) is 2.38. The Kier molecular flexibility index (Phi) is 5.57. The maximum Gasteiger partial charge on any atom is 0.322 e. The van der Waals surface area contributed by atoms with Crippen molar-refractivity contribution in [2.45, 2.75) is 13.0 Å². The highest BCUT2D eigenvalue weighted by Crippen LogP contribution is 2.20. The van der Waals surface area contributed by atoms with Crippen LogP contribution in [-0.4, -0.2) is 42.0 Å². The van der Waals surface area contributed by atoms with E-state index in [1.807, 2.05) is 0 Å². The predicted molar refractivity (Wildman–Crippen MR) is 68.0 cm³/mol. The van der Waals surface area contributed by atoms with Crippen molar-refractivity contribution in [2.24, 2.45) is 0 Å². The van der Waals surface area contributed by atoms with Crippen LogP contribution in [0.5, 0.6) is 0 Å². The van der Waals surface area contributed by atoms with E-state index >= 15 is 0 Å². The minimum Gasteiger partial charge on any atom is -0.480 e. The molecule has 1 aromatic rings. The Morgan fingerprint density at radius 3 is 2.55 bits per heavy atom. The van der Waals surface area contributed by atoms with Crippen LogP contribution in [0.1, 0.15) is 18.5 Å². The molecule has 1 amide bonds. The van der Waals surface area contributed by atoms with E-state index in [2.05, 4.69) is 5.32 Å². The standard InChI is InChI=1S/C13H16F2N2O3/c1-8(9-3-4-10(14)11(15)5-9)17(2)7-12(18)16-6-13(19)20/h3-5,8H,6-7H2,1-2H3,(H,16,18)(H,19,20). The van der Waals surface area contributed by atoms with Crippen LogP contribution in [0.2, 0.25) is 0 Å². The second kappa shape index (κ2) is 6.95. The number of hydrogen-bond acceptors (Lipinski definition) is 3. The van der Waals surface area contributed by atoms with Crippen molar-refractivity contribution in [1.29, 1.82) is 0 Å². The van der Waals surface area contributed by atoms with Crippen molar-refractivity contribution in [3.63, 3.8) is 0 Å². The van der Waals surface area contributed by atoms with E-state index in [1.165, 1.54) is 6.07 Å². The SMILES string of the molecule is CC(c1ccc(F)c(F)c1)N(C)CC(=O)NCC(=O)O. The van der Waals surface area contributed by atoms with Crippen LogP contribution >= 0.6 is 0 Å². The van der Waals surface area contributed by atoms with Crippen LogP contribution < -0.4 is 5.32 Å². The van der Waals surface area contributed by atoms with Gasteiger partial charge in [-0.15, -0.1) is 0 Å². The lowest BCUT2D eigenvalue weighted by molar-refractivity contribution is -0.138. The highest BCUT2D eigenvalue weighted by atomic mass is 19.2. The van der Waals surface area contributed by atoms with Gasteiger partial charge in [0.15, 0.2) is 11.6 Å². The number of rotatable bonds is 6. The summed E-state index contributed by atoms with van der Waals surface area (Å²) in [6.07, 6.45) is 0. The van der Waals surface area contributed by atoms with Crippen molar-refractivity contribution in [2.75, 3.05) is 20.1 Å². The number of benzene rings is 1. The molecule has 5 nitrogen and oxygen atoms in total. The summed E-state index contributed by atoms with van der Waals surface area (Å²) in [6, 6.07) is 3.22. The lowest BCUT2D eigenvalue weighted by Crippen LogP contribution is -2.38. The number of nitrogens with zero attached hydrogens (tertiary/aromatic N) is 1. The fourth-order valence-electron chi connectivity index (χ4n) is 1.62. The van der Waals surface area contributed by atoms with E-state index in [0.29, 0.717) is 5.56 Å². The Hall–Kier alpha value is -2.02. The second-order valence-corrected chi connectivity index (χ2v) is 4.44. The number of carboxylic acids is 1. The van der Waals surface area contributed by atoms with E-state index in [0.717, 1.165) is 12.1 Å². The number of amides is 1. The minimum atomic E-state index is -1.13. The summed E-state index contributed by atoms with van der Waals surface area (Å²) in [5, 5.41) is 10.7. The van der Waals surface area contributed by atoms with Crippen LogP contribution in [0.3, 0.4) is 0 Å². The van der Waals surface area contributed by atoms with E-state index in [4.69, 9.17) is 5.11 Å². The van der Waals surface area contributed by atoms with E-state index in [-0.39, 0.29) is 12.6 Å². The Morgan fingerprint density at radius 1 is 1.35 bits per heavy atom. The van der Waals surface area contributed by atoms with Gasteiger partial charge in [0, 0.05) is 6.04 Å². The maximum absolute atomic E-state index is 13.1. The molecule has 0 spiro atoms. The molecule has 1 atom stereocenters. The lowest BCUT2D eigenvalue weighted by Gasteiger charge is -2.24. The zero-order chi connectivity index (χ0) is 15.3. The van der Waals surface area contributed by atoms with Gasteiger partial charge in [-0.2, -0.15) is 0 Å². The Labute approximate surface area is 115 Å². The number of carboxylic acid groups (broad SMARTS) is 1. The van der Waals surface area contributed by atoms with Crippen molar-refractivity contribution < 1.29 is 23.5 Å². The van der Waals surface area contributed by atoms with Gasteiger partial charge < -0.3 is 10.4 Å². The van der Waals surface area contributed by atoms with E-state index in [9.17, 15) is 18.4 Å². The number of nitrogens with one attached hydrogen (secondary N) is 1. The molecule has 0 bridgehead atoms. The molecular formula is C13H16F2N2O3. The van der Waals surface area contributed by atoms with Crippen LogP contribution in [0.15, 0.2) is 18.2 Å². The molecule has 0 aliphatic carbocycles. The van der Waals surface area contributed by atoms with Crippen molar-refractivity contribution in [1.82, 2.24) is 10.2 Å². The van der Waals surface area contributed by atoms with Gasteiger partial charge >= 0.3 is 5.97 Å². The number of likely N-dealkylation sites (N-methyl/N-ethyl adjacent to an activating group) is 1. The topological polar surface area (TPSA) is 69.6 Å². The Morgan fingerprint density at radius 2 is 2.00 bits per heavy atom. The molecule has 1 aromatic carbocycles. The van der Waals surface area contributed by atoms with Crippen LogP contribution in [0.25, 0.3) is 0 Å². The highest BCUT2D eigenvalue weighted by Gasteiger charge is 2.16. The van der Waals surface area contributed by atoms with Crippen molar-refractivity contribution >= 4 is 11.9 Å². The summed E-state index contributed by atoms with van der Waals surface area (Å²) in [6.45, 7) is 1.23. The molecule has 1 unspecified atom stereocenters. The molecule has 0 fully saturated rings. The van der Waals surface area contributed by atoms with E-state index in [1.54, 1.807) is 18.9 Å². The number of carbonyl (C=O) groups is 2. The van der Waals surface area contributed by atoms with Gasteiger partial charge in [-0.1, -0.05) is 6.07 Å². The molecule has 0 saturated heterocycles. The summed E-state index contributed by atoms with van der Waals surface area (Å²) < 4.78 is 26.0. The third kappa shape index (κ3) is 4.58. The van der Waals surface area contributed by atoms with Gasteiger partial charge in [-0.05, 0) is 31.7 Å². The summed E-state index contributed by atoms with van der Waals surface area (Å²) in [5.41, 5.74) is 0.525. The van der Waals surface area contributed by atoms with Gasteiger partial charge in [0.05, 0.1) is 6.54 Å².